The Balaban J connectivity index is 3.82. The van der Waals surface area contributed by atoms with E-state index in [0.717, 1.165) is 20.5 Å². The molecule has 0 aliphatic heterocycles. The predicted octanol–water partition coefficient (Wildman–Crippen LogP) is -2.79. The smallest absolute Gasteiger partial charge is 0.131 e. The number of carbonyl (C=O) groups is 1. The average Bonchev–Trinajstić information content (AvgIpc) is 2.04. The van der Waals surface area contributed by atoms with Gasteiger partial charge in [-0.2, -0.15) is 0 Å². The second-order valence-corrected chi connectivity index (χ2v) is 8.57. The van der Waals surface area contributed by atoms with Gasteiger partial charge in [0, 0.05) is 52.1 Å². The molecule has 0 bridgehead atoms. The normalized spacial score (nSPS) is 16.7. The fourth-order valence-corrected chi connectivity index (χ4v) is 8.64. The van der Waals surface area contributed by atoms with Crippen LogP contribution in [0, 0.1) is 0 Å². The van der Waals surface area contributed by atoms with E-state index in [0.29, 0.717) is 16.9 Å². The summed E-state index contributed by atoms with van der Waals surface area (Å²) in [5, 5.41) is 0. The van der Waals surface area contributed by atoms with Gasteiger partial charge in [-0.3, -0.25) is 4.79 Å². The van der Waals surface area contributed by atoms with E-state index in [9.17, 15) is 4.79 Å². The third-order valence-electron chi connectivity index (χ3n) is 2.41. The highest BCUT2D eigenvalue weighted by molar-refractivity contribution is 6.34. The lowest BCUT2D eigenvalue weighted by atomic mass is 10.1. The van der Waals surface area contributed by atoms with Crippen molar-refractivity contribution in [1.29, 1.82) is 0 Å². The van der Waals surface area contributed by atoms with E-state index in [4.69, 9.17) is 0 Å². The standard InChI is InChI=1S/C7H22OSi4/c8-7(5(11)1-3-9)6(12)2-4-10/h5-6H,1-4H2,9-12H3. The summed E-state index contributed by atoms with van der Waals surface area (Å²) in [5.41, 5.74) is 0.997. The molecule has 72 valence electrons. The fourth-order valence-electron chi connectivity index (χ4n) is 1.64. The van der Waals surface area contributed by atoms with E-state index >= 15 is 0 Å². The van der Waals surface area contributed by atoms with Gasteiger partial charge in [-0.05, 0) is 0 Å². The van der Waals surface area contributed by atoms with Gasteiger partial charge < -0.3 is 0 Å². The predicted molar refractivity (Wildman–Crippen MR) is 71.1 cm³/mol. The largest absolute Gasteiger partial charge is 0.300 e. The number of carbonyl (C=O) groups excluding carboxylic acids is 1. The van der Waals surface area contributed by atoms with Crippen LogP contribution < -0.4 is 0 Å². The molecule has 0 aromatic rings. The van der Waals surface area contributed by atoms with Gasteiger partial charge in [-0.1, -0.05) is 24.9 Å². The summed E-state index contributed by atoms with van der Waals surface area (Å²) in [5.74, 6) is 0.625. The molecule has 0 aliphatic carbocycles. The summed E-state index contributed by atoms with van der Waals surface area (Å²) in [6.45, 7) is 0. The molecule has 2 atom stereocenters. The number of ketones is 1. The first-order valence-corrected chi connectivity index (χ1v) is 10.3. The van der Waals surface area contributed by atoms with Crippen LogP contribution in [0.4, 0.5) is 0 Å². The minimum absolute atomic E-state index is 0.498. The van der Waals surface area contributed by atoms with Crippen molar-refractivity contribution < 1.29 is 4.79 Å². The lowest BCUT2D eigenvalue weighted by Crippen LogP contribution is -2.15. The Kier molecular flexibility index (Phi) is 7.30. The first kappa shape index (κ1) is 12.5. The Bertz CT molecular complexity index is 125. The van der Waals surface area contributed by atoms with E-state index in [1.54, 1.807) is 0 Å². The maximum atomic E-state index is 11.7. The second kappa shape index (κ2) is 6.99. The average molecular weight is 235 g/mol. The Morgan fingerprint density at radius 3 is 1.58 bits per heavy atom. The van der Waals surface area contributed by atoms with Crippen LogP contribution in [0.25, 0.3) is 0 Å². The van der Waals surface area contributed by atoms with Crippen LogP contribution in [0.1, 0.15) is 12.8 Å². The van der Waals surface area contributed by atoms with Crippen molar-refractivity contribution >= 4 is 46.8 Å². The molecule has 0 aromatic carbocycles. The summed E-state index contributed by atoms with van der Waals surface area (Å²) in [6.07, 6.45) is 2.41. The lowest BCUT2D eigenvalue weighted by molar-refractivity contribution is -0.118. The summed E-state index contributed by atoms with van der Waals surface area (Å²) in [6, 6.07) is 2.63. The Hall–Kier alpha value is 0.538. The van der Waals surface area contributed by atoms with E-state index < -0.39 is 0 Å². The molecule has 0 heterocycles. The molecule has 1 nitrogen and oxygen atoms in total. The summed E-state index contributed by atoms with van der Waals surface area (Å²) in [4.78, 5) is 11.7. The van der Waals surface area contributed by atoms with Crippen molar-refractivity contribution in [2.24, 2.45) is 0 Å². The fraction of sp³-hybridized carbons (Fsp3) is 0.857. The molecule has 12 heavy (non-hydrogen) atoms. The van der Waals surface area contributed by atoms with Crippen molar-refractivity contribution in [2.75, 3.05) is 0 Å². The molecule has 0 aromatic heterocycles. The Morgan fingerprint density at radius 1 is 1.00 bits per heavy atom. The van der Waals surface area contributed by atoms with Gasteiger partial charge in [0.05, 0.1) is 0 Å². The summed E-state index contributed by atoms with van der Waals surface area (Å²) >= 11 is 0. The van der Waals surface area contributed by atoms with Crippen LogP contribution in [0.3, 0.4) is 0 Å². The Labute approximate surface area is 87.8 Å². The van der Waals surface area contributed by atoms with Crippen LogP contribution in [0.5, 0.6) is 0 Å². The monoisotopic (exact) mass is 234 g/mol. The molecule has 0 aliphatic rings. The van der Waals surface area contributed by atoms with Gasteiger partial charge in [0.15, 0.2) is 0 Å². The van der Waals surface area contributed by atoms with Crippen molar-refractivity contribution in [3.63, 3.8) is 0 Å². The van der Waals surface area contributed by atoms with Crippen LogP contribution in [-0.2, 0) is 4.79 Å². The van der Waals surface area contributed by atoms with Crippen molar-refractivity contribution in [3.05, 3.63) is 0 Å². The van der Waals surface area contributed by atoms with Crippen molar-refractivity contribution in [3.8, 4) is 0 Å². The molecule has 0 saturated heterocycles. The molecule has 2 unspecified atom stereocenters. The highest BCUT2D eigenvalue weighted by atomic mass is 28.2. The van der Waals surface area contributed by atoms with Gasteiger partial charge in [-0.25, -0.2) is 0 Å². The van der Waals surface area contributed by atoms with E-state index in [2.05, 4.69) is 0 Å². The zero-order chi connectivity index (χ0) is 9.56. The first-order valence-electron chi connectivity index (χ1n) is 5.17. The maximum absolute atomic E-state index is 11.7. The van der Waals surface area contributed by atoms with E-state index in [-0.39, 0.29) is 0 Å². The van der Waals surface area contributed by atoms with Gasteiger partial charge in [0.25, 0.3) is 0 Å². The number of Topliss-reactive ketones (excluding diaryl/α,β-unsaturated/α-hetero) is 1. The maximum Gasteiger partial charge on any atom is 0.131 e. The van der Waals surface area contributed by atoms with E-state index in [1.165, 1.54) is 45.4 Å². The molecule has 0 saturated carbocycles. The molecular weight excluding hydrogens is 212 g/mol. The molecule has 5 heteroatoms. The molecule has 0 rings (SSSR count). The molecule has 0 fully saturated rings. The minimum atomic E-state index is 0.498. The van der Waals surface area contributed by atoms with Crippen molar-refractivity contribution in [1.82, 2.24) is 0 Å². The van der Waals surface area contributed by atoms with Crippen molar-refractivity contribution in [2.45, 2.75) is 36.0 Å². The van der Waals surface area contributed by atoms with Crippen LogP contribution in [0.15, 0.2) is 0 Å². The van der Waals surface area contributed by atoms with E-state index in [1.807, 2.05) is 0 Å². The zero-order valence-corrected chi connectivity index (χ0v) is 16.9. The second-order valence-electron chi connectivity index (χ2n) is 3.78. The van der Waals surface area contributed by atoms with Gasteiger partial charge in [0.2, 0.25) is 0 Å². The van der Waals surface area contributed by atoms with Gasteiger partial charge in [0.1, 0.15) is 5.78 Å². The third-order valence-corrected chi connectivity index (χ3v) is 5.86. The molecule has 0 N–H and O–H groups in total. The summed E-state index contributed by atoms with van der Waals surface area (Å²) in [7, 11) is 4.73. The van der Waals surface area contributed by atoms with Crippen LogP contribution >= 0.6 is 0 Å². The highest BCUT2D eigenvalue weighted by Gasteiger charge is 2.17. The minimum Gasteiger partial charge on any atom is -0.300 e. The van der Waals surface area contributed by atoms with Gasteiger partial charge >= 0.3 is 0 Å². The highest BCUT2D eigenvalue weighted by Crippen LogP contribution is 2.20. The van der Waals surface area contributed by atoms with Crippen LogP contribution in [0.2, 0.25) is 23.2 Å². The SMILES string of the molecule is O=C(C([SiH3])CC[SiH3])C([SiH3])CC[SiH3]. The number of rotatable bonds is 6. The number of hydrogen-bond donors (Lipinski definition) is 0. The first-order chi connectivity index (χ1) is 5.63. The summed E-state index contributed by atoms with van der Waals surface area (Å²) < 4.78 is 0. The molecule has 0 spiro atoms. The lowest BCUT2D eigenvalue weighted by Gasteiger charge is -2.14. The quantitative estimate of drug-likeness (QED) is 0.454. The third kappa shape index (κ3) is 4.54. The molecule has 0 radical (unpaired) electrons. The number of hydrogen-bond acceptors (Lipinski definition) is 1. The topological polar surface area (TPSA) is 17.1 Å². The molecular formula is C7H22OSi4. The zero-order valence-electron chi connectivity index (χ0n) is 8.89. The van der Waals surface area contributed by atoms with Gasteiger partial charge in [-0.15, -0.1) is 0 Å². The molecule has 0 amide bonds. The van der Waals surface area contributed by atoms with Crippen LogP contribution in [-0.4, -0.2) is 46.8 Å². The Morgan fingerprint density at radius 2 is 1.33 bits per heavy atom.